The van der Waals surface area contributed by atoms with Crippen LogP contribution < -0.4 is 17.0 Å². The van der Waals surface area contributed by atoms with Crippen LogP contribution in [0.3, 0.4) is 0 Å². The van der Waals surface area contributed by atoms with E-state index in [1.807, 2.05) is 6.07 Å². The Kier molecular flexibility index (Phi) is 9.06. The fourth-order valence-corrected chi connectivity index (χ4v) is 7.11. The summed E-state index contributed by atoms with van der Waals surface area (Å²) in [5.74, 6) is 1.41. The molecule has 170 valence electrons. The first-order chi connectivity index (χ1) is 13.7. The van der Waals surface area contributed by atoms with Gasteiger partial charge in [0.2, 0.25) is 0 Å². The minimum absolute atomic E-state index is 0. The summed E-state index contributed by atoms with van der Waals surface area (Å²) in [6.45, 7) is 6.26. The molecule has 7 atom stereocenters. The molecule has 1 aliphatic heterocycles. The van der Waals surface area contributed by atoms with Gasteiger partial charge in [0.25, 0.3) is 0 Å². The van der Waals surface area contributed by atoms with E-state index >= 15 is 0 Å². The smallest absolute Gasteiger partial charge is 0.137 e. The molecule has 30 heavy (non-hydrogen) atoms. The zero-order chi connectivity index (χ0) is 21.2. The second-order valence-electron chi connectivity index (χ2n) is 9.25. The summed E-state index contributed by atoms with van der Waals surface area (Å²) < 4.78 is 11.9. The Labute approximate surface area is 195 Å². The first-order valence-corrected chi connectivity index (χ1v) is 12.5. The van der Waals surface area contributed by atoms with E-state index in [1.54, 1.807) is 7.11 Å². The van der Waals surface area contributed by atoms with Gasteiger partial charge in [-0.15, -0.1) is 0 Å². The summed E-state index contributed by atoms with van der Waals surface area (Å²) in [5.41, 5.74) is 1.19. The van der Waals surface area contributed by atoms with Crippen molar-refractivity contribution in [2.45, 2.75) is 75.3 Å². The number of ether oxygens (including phenoxy) is 2. The maximum Gasteiger partial charge on any atom is 0.137 e. The van der Waals surface area contributed by atoms with Crippen molar-refractivity contribution in [3.05, 3.63) is 47.5 Å². The third-order valence-corrected chi connectivity index (χ3v) is 8.34. The average molecular weight is 502 g/mol. The lowest BCUT2D eigenvalue weighted by molar-refractivity contribution is -0.169. The predicted octanol–water partition coefficient (Wildman–Crippen LogP) is 0.470. The summed E-state index contributed by atoms with van der Waals surface area (Å²) in [6.07, 6.45) is 5.47. The van der Waals surface area contributed by atoms with Gasteiger partial charge in [0.15, 0.2) is 0 Å². The Morgan fingerprint density at radius 2 is 1.97 bits per heavy atom. The van der Waals surface area contributed by atoms with Gasteiger partial charge >= 0.3 is 0 Å². The molecule has 3 rings (SSSR count). The van der Waals surface area contributed by atoms with Gasteiger partial charge in [-0.2, -0.15) is 0 Å². The molecule has 2 aliphatic rings. The fraction of sp³-hybridized carbons (Fsp3) is 0.667. The topological polar surface area (TPSA) is 62.2 Å². The standard InChI is InChI=1S/C24H37O4S.BrH/c1-17(2)11-12-20-23(3,28-20)22-21(27-4)19(25)13-14-24(22,26)16-29(5)15-18-9-7-6-8-10-18;/h6-11,19-22,25-26H,12-16H2,1-5H3;1H/q+1;/p-1/t19-,20-,21-,22-,23+,24+,29?;/m1./s1. The number of halogens is 1. The summed E-state index contributed by atoms with van der Waals surface area (Å²) in [7, 11) is 1.65. The molecule has 0 amide bonds. The molecular formula is C24H37BrO4S. The maximum atomic E-state index is 11.9. The Morgan fingerprint density at radius 1 is 1.30 bits per heavy atom. The second kappa shape index (κ2) is 10.5. The second-order valence-corrected chi connectivity index (χ2v) is 11.4. The van der Waals surface area contributed by atoms with Crippen molar-refractivity contribution in [1.29, 1.82) is 0 Å². The van der Waals surface area contributed by atoms with E-state index in [9.17, 15) is 10.2 Å². The largest absolute Gasteiger partial charge is 1.00 e. The van der Waals surface area contributed by atoms with E-state index in [4.69, 9.17) is 9.47 Å². The SMILES string of the molecule is CO[C@@H]1[C@H](O)CC[C@](O)(C[S+](C)Cc2ccccc2)[C@H]1[C@@]1(C)O[C@@H]1CC=C(C)C.[Br-]. The van der Waals surface area contributed by atoms with E-state index in [2.05, 4.69) is 57.4 Å². The molecule has 0 spiro atoms. The van der Waals surface area contributed by atoms with Gasteiger partial charge < -0.3 is 36.7 Å². The molecule has 1 aliphatic carbocycles. The minimum atomic E-state index is -0.902. The summed E-state index contributed by atoms with van der Waals surface area (Å²) in [4.78, 5) is 0. The van der Waals surface area contributed by atoms with E-state index in [-0.39, 0.29) is 39.9 Å². The molecule has 1 unspecified atom stereocenters. The van der Waals surface area contributed by atoms with Gasteiger partial charge in [-0.05, 0) is 50.9 Å². The summed E-state index contributed by atoms with van der Waals surface area (Å²) in [6, 6.07) is 10.5. The van der Waals surface area contributed by atoms with Gasteiger partial charge in [0.1, 0.15) is 22.7 Å². The van der Waals surface area contributed by atoms with Crippen LogP contribution in [0.5, 0.6) is 0 Å². The zero-order valence-electron chi connectivity index (χ0n) is 18.8. The number of allylic oxidation sites excluding steroid dienone is 1. The number of benzene rings is 1. The molecule has 1 saturated carbocycles. The molecule has 4 nitrogen and oxygen atoms in total. The number of aliphatic hydroxyl groups excluding tert-OH is 1. The van der Waals surface area contributed by atoms with Gasteiger partial charge in [-0.1, -0.05) is 42.0 Å². The number of hydrogen-bond donors (Lipinski definition) is 2. The molecule has 1 saturated heterocycles. The van der Waals surface area contributed by atoms with Crippen molar-refractivity contribution < 1.29 is 36.7 Å². The first-order valence-electron chi connectivity index (χ1n) is 10.6. The number of aliphatic hydroxyl groups is 2. The lowest BCUT2D eigenvalue weighted by Crippen LogP contribution is -3.00. The van der Waals surface area contributed by atoms with E-state index in [0.29, 0.717) is 18.6 Å². The van der Waals surface area contributed by atoms with Gasteiger partial charge in [-0.25, -0.2) is 0 Å². The van der Waals surface area contributed by atoms with Gasteiger partial charge in [0.05, 0.1) is 30.5 Å². The van der Waals surface area contributed by atoms with E-state index < -0.39 is 23.4 Å². The molecular weight excluding hydrogens is 464 g/mol. The van der Waals surface area contributed by atoms with Crippen LogP contribution in [-0.4, -0.2) is 58.8 Å². The van der Waals surface area contributed by atoms with Crippen molar-refractivity contribution >= 4 is 10.9 Å². The minimum Gasteiger partial charge on any atom is -1.00 e. The normalized spacial score (nSPS) is 36.5. The summed E-state index contributed by atoms with van der Waals surface area (Å²) >= 11 is 0. The van der Waals surface area contributed by atoms with Crippen molar-refractivity contribution in [1.82, 2.24) is 0 Å². The molecule has 0 aromatic heterocycles. The monoisotopic (exact) mass is 500 g/mol. The van der Waals surface area contributed by atoms with Crippen LogP contribution in [0.15, 0.2) is 42.0 Å². The van der Waals surface area contributed by atoms with Gasteiger partial charge in [0, 0.05) is 12.7 Å². The van der Waals surface area contributed by atoms with E-state index in [0.717, 1.165) is 12.2 Å². The molecule has 1 heterocycles. The predicted molar refractivity (Wildman–Crippen MR) is 120 cm³/mol. The number of rotatable bonds is 8. The Balaban J connectivity index is 0.00000320. The molecule has 2 fully saturated rings. The van der Waals surface area contributed by atoms with Gasteiger partial charge in [-0.3, -0.25) is 0 Å². The summed E-state index contributed by atoms with van der Waals surface area (Å²) in [5, 5.41) is 22.5. The molecule has 6 heteroatoms. The average Bonchev–Trinajstić information content (AvgIpc) is 3.33. The quantitative estimate of drug-likeness (QED) is 0.309. The third kappa shape index (κ3) is 5.70. The van der Waals surface area contributed by atoms with Crippen molar-refractivity contribution in [3.63, 3.8) is 0 Å². The Hall–Kier alpha value is -0.370. The van der Waals surface area contributed by atoms with Crippen molar-refractivity contribution in [2.75, 3.05) is 19.1 Å². The van der Waals surface area contributed by atoms with E-state index in [1.165, 1.54) is 11.1 Å². The number of hydrogen-bond acceptors (Lipinski definition) is 4. The van der Waals surface area contributed by atoms with Crippen LogP contribution in [0, 0.1) is 5.92 Å². The van der Waals surface area contributed by atoms with Crippen molar-refractivity contribution in [2.24, 2.45) is 5.92 Å². The van der Waals surface area contributed by atoms with Crippen molar-refractivity contribution in [3.8, 4) is 0 Å². The van der Waals surface area contributed by atoms with Crippen LogP contribution >= 0.6 is 0 Å². The maximum absolute atomic E-state index is 11.9. The van der Waals surface area contributed by atoms with Crippen LogP contribution in [0.1, 0.15) is 45.6 Å². The first kappa shape index (κ1) is 25.9. The lowest BCUT2D eigenvalue weighted by atomic mass is 9.66. The highest BCUT2D eigenvalue weighted by molar-refractivity contribution is 7.95. The highest BCUT2D eigenvalue weighted by Gasteiger charge is 2.68. The molecule has 1 aromatic rings. The zero-order valence-corrected chi connectivity index (χ0v) is 21.2. The van der Waals surface area contributed by atoms with Crippen LogP contribution in [0.2, 0.25) is 0 Å². The van der Waals surface area contributed by atoms with Crippen LogP contribution in [0.4, 0.5) is 0 Å². The molecule has 0 bridgehead atoms. The highest BCUT2D eigenvalue weighted by atomic mass is 79.9. The third-order valence-electron chi connectivity index (χ3n) is 6.52. The molecule has 0 radical (unpaired) electrons. The number of epoxide rings is 1. The Morgan fingerprint density at radius 3 is 2.57 bits per heavy atom. The molecule has 1 aromatic carbocycles. The highest BCUT2D eigenvalue weighted by Crippen LogP contribution is 2.54. The van der Waals surface area contributed by atoms with Crippen LogP contribution in [0.25, 0.3) is 0 Å². The molecule has 2 N–H and O–H groups in total. The fourth-order valence-electron chi connectivity index (χ4n) is 5.07. The Bertz CT molecular complexity index is 710. The van der Waals surface area contributed by atoms with Crippen LogP contribution in [-0.2, 0) is 26.1 Å². The number of methoxy groups -OCH3 is 1. The lowest BCUT2D eigenvalue weighted by Gasteiger charge is -2.47.